The lowest BCUT2D eigenvalue weighted by Gasteiger charge is -2.04. The van der Waals surface area contributed by atoms with Gasteiger partial charge in [0, 0.05) is 15.4 Å². The van der Waals surface area contributed by atoms with Gasteiger partial charge >= 0.3 is 5.97 Å². The molecule has 0 unspecified atom stereocenters. The van der Waals surface area contributed by atoms with Crippen molar-refractivity contribution in [2.24, 2.45) is 0 Å². The Hall–Kier alpha value is -1.29. The first kappa shape index (κ1) is 14.1. The molecule has 3 nitrogen and oxygen atoms in total. The fraction of sp³-hybridized carbons (Fsp3) is 0.400. The van der Waals surface area contributed by atoms with E-state index in [4.69, 9.17) is 4.74 Å². The van der Waals surface area contributed by atoms with Crippen LogP contribution in [0.15, 0.2) is 22.7 Å². The Kier molecular flexibility index (Phi) is 4.64. The smallest absolute Gasteiger partial charge is 0.355 e. The zero-order valence-electron chi connectivity index (χ0n) is 11.3. The molecule has 1 aromatic carbocycles. The molecular weight excluding hydrogens is 306 g/mol. The molecule has 1 aromatic heterocycles. The summed E-state index contributed by atoms with van der Waals surface area (Å²) in [4.78, 5) is 15.2. The number of carbonyl (C=O) groups excluding carboxylic acids is 1. The molecule has 0 saturated heterocycles. The van der Waals surface area contributed by atoms with Crippen molar-refractivity contribution in [3.05, 3.63) is 33.9 Å². The molecule has 0 aliphatic rings. The fourth-order valence-electron chi connectivity index (χ4n) is 2.21. The molecule has 19 heavy (non-hydrogen) atoms. The quantitative estimate of drug-likeness (QED) is 0.826. The monoisotopic (exact) mass is 323 g/mol. The maximum atomic E-state index is 12.0. The van der Waals surface area contributed by atoms with Crippen molar-refractivity contribution < 1.29 is 9.53 Å². The average molecular weight is 324 g/mol. The topological polar surface area (TPSA) is 42.1 Å². The number of aromatic amines is 1. The molecule has 0 fully saturated rings. The summed E-state index contributed by atoms with van der Waals surface area (Å²) < 4.78 is 6.15. The molecule has 0 amide bonds. The van der Waals surface area contributed by atoms with Crippen LogP contribution >= 0.6 is 15.9 Å². The number of hydrogen-bond acceptors (Lipinski definition) is 2. The van der Waals surface area contributed by atoms with E-state index < -0.39 is 0 Å². The Morgan fingerprint density at radius 1 is 1.37 bits per heavy atom. The maximum Gasteiger partial charge on any atom is 0.355 e. The molecule has 4 heteroatoms. The number of nitrogens with one attached hydrogen (secondary N) is 1. The van der Waals surface area contributed by atoms with Crippen LogP contribution in [0.5, 0.6) is 0 Å². The third kappa shape index (κ3) is 3.00. The van der Waals surface area contributed by atoms with Crippen LogP contribution in [0.25, 0.3) is 10.9 Å². The summed E-state index contributed by atoms with van der Waals surface area (Å²) in [5, 5.41) is 1.10. The largest absolute Gasteiger partial charge is 0.461 e. The number of rotatable bonds is 5. The molecule has 0 spiro atoms. The van der Waals surface area contributed by atoms with Crippen molar-refractivity contribution in [2.45, 2.75) is 33.1 Å². The second kappa shape index (κ2) is 6.24. The Morgan fingerprint density at radius 3 is 2.84 bits per heavy atom. The maximum absolute atomic E-state index is 12.0. The number of unbranched alkanes of at least 4 members (excludes halogenated alkanes) is 1. The van der Waals surface area contributed by atoms with Crippen molar-refractivity contribution in [2.75, 3.05) is 6.61 Å². The van der Waals surface area contributed by atoms with Crippen LogP contribution in [0.1, 0.15) is 42.7 Å². The second-order valence-corrected chi connectivity index (χ2v) is 5.41. The van der Waals surface area contributed by atoms with Gasteiger partial charge in [-0.25, -0.2) is 4.79 Å². The van der Waals surface area contributed by atoms with Gasteiger partial charge in [-0.1, -0.05) is 29.3 Å². The predicted octanol–water partition coefficient (Wildman–Crippen LogP) is 4.45. The summed E-state index contributed by atoms with van der Waals surface area (Å²) in [5.41, 5.74) is 2.65. The molecular formula is C15H18BrNO2. The first-order valence-electron chi connectivity index (χ1n) is 6.64. The Morgan fingerprint density at radius 2 is 2.16 bits per heavy atom. The highest BCUT2D eigenvalue weighted by molar-refractivity contribution is 9.10. The number of ether oxygens (including phenoxy) is 1. The van der Waals surface area contributed by atoms with Gasteiger partial charge in [-0.05, 0) is 43.5 Å². The number of H-pyrrole nitrogens is 1. The minimum Gasteiger partial charge on any atom is -0.461 e. The van der Waals surface area contributed by atoms with Gasteiger partial charge < -0.3 is 9.72 Å². The number of benzene rings is 1. The summed E-state index contributed by atoms with van der Waals surface area (Å²) in [7, 11) is 0. The van der Waals surface area contributed by atoms with Crippen LogP contribution in [-0.2, 0) is 11.2 Å². The van der Waals surface area contributed by atoms with Crippen LogP contribution < -0.4 is 0 Å². The van der Waals surface area contributed by atoms with Gasteiger partial charge in [0.2, 0.25) is 0 Å². The van der Waals surface area contributed by atoms with Crippen LogP contribution in [0.3, 0.4) is 0 Å². The lowest BCUT2D eigenvalue weighted by molar-refractivity contribution is 0.0519. The summed E-state index contributed by atoms with van der Waals surface area (Å²) in [6.45, 7) is 4.36. The summed E-state index contributed by atoms with van der Waals surface area (Å²) in [6, 6.07) is 6.01. The minimum atomic E-state index is -0.263. The zero-order chi connectivity index (χ0) is 13.8. The van der Waals surface area contributed by atoms with Gasteiger partial charge in [0.25, 0.3) is 0 Å². The van der Waals surface area contributed by atoms with E-state index in [1.807, 2.05) is 19.1 Å². The SMILES string of the molecule is CCCCc1c(C(=O)OCC)[nH]c2ccc(Br)cc12. The first-order valence-corrected chi connectivity index (χ1v) is 7.43. The lowest BCUT2D eigenvalue weighted by Crippen LogP contribution is -2.07. The molecule has 2 rings (SSSR count). The van der Waals surface area contributed by atoms with Gasteiger partial charge in [-0.3, -0.25) is 0 Å². The molecule has 0 aliphatic carbocycles. The highest BCUT2D eigenvalue weighted by Crippen LogP contribution is 2.27. The van der Waals surface area contributed by atoms with Crippen molar-refractivity contribution in [3.8, 4) is 0 Å². The van der Waals surface area contributed by atoms with Gasteiger partial charge in [0.15, 0.2) is 0 Å². The highest BCUT2D eigenvalue weighted by atomic mass is 79.9. The van der Waals surface area contributed by atoms with E-state index in [2.05, 4.69) is 33.9 Å². The normalized spacial score (nSPS) is 10.9. The van der Waals surface area contributed by atoms with Crippen molar-refractivity contribution in [3.63, 3.8) is 0 Å². The van der Waals surface area contributed by atoms with Gasteiger partial charge in [0.1, 0.15) is 5.69 Å². The van der Waals surface area contributed by atoms with Gasteiger partial charge in [-0.2, -0.15) is 0 Å². The number of halogens is 1. The molecule has 1 N–H and O–H groups in total. The summed E-state index contributed by atoms with van der Waals surface area (Å²) in [6.07, 6.45) is 3.05. The predicted molar refractivity (Wildman–Crippen MR) is 80.6 cm³/mol. The van der Waals surface area contributed by atoms with Crippen molar-refractivity contribution in [1.82, 2.24) is 4.98 Å². The number of aryl methyl sites for hydroxylation is 1. The van der Waals surface area contributed by atoms with Crippen LogP contribution in [0.2, 0.25) is 0 Å². The molecule has 0 bridgehead atoms. The lowest BCUT2D eigenvalue weighted by atomic mass is 10.0. The fourth-order valence-corrected chi connectivity index (χ4v) is 2.57. The number of aromatic nitrogens is 1. The summed E-state index contributed by atoms with van der Waals surface area (Å²) in [5.74, 6) is -0.263. The number of esters is 1. The van der Waals surface area contributed by atoms with E-state index in [1.54, 1.807) is 0 Å². The van der Waals surface area contributed by atoms with E-state index in [-0.39, 0.29) is 5.97 Å². The van der Waals surface area contributed by atoms with Gasteiger partial charge in [0.05, 0.1) is 6.61 Å². The van der Waals surface area contributed by atoms with Crippen molar-refractivity contribution in [1.29, 1.82) is 0 Å². The van der Waals surface area contributed by atoms with Crippen LogP contribution in [-0.4, -0.2) is 17.6 Å². The Bertz CT molecular complexity index is 589. The van der Waals surface area contributed by atoms with Gasteiger partial charge in [-0.15, -0.1) is 0 Å². The number of carbonyl (C=O) groups is 1. The van der Waals surface area contributed by atoms with E-state index in [9.17, 15) is 4.79 Å². The minimum absolute atomic E-state index is 0.263. The standard InChI is InChI=1S/C15H18BrNO2/c1-3-5-6-11-12-9-10(16)7-8-13(12)17-14(11)15(18)19-4-2/h7-9,17H,3-6H2,1-2H3. The molecule has 0 saturated carbocycles. The average Bonchev–Trinajstić information content (AvgIpc) is 2.74. The molecule has 0 atom stereocenters. The zero-order valence-corrected chi connectivity index (χ0v) is 12.8. The Labute approximate surface area is 121 Å². The van der Waals surface area contributed by atoms with E-state index in [0.29, 0.717) is 12.3 Å². The van der Waals surface area contributed by atoms with E-state index in [0.717, 1.165) is 40.2 Å². The summed E-state index contributed by atoms with van der Waals surface area (Å²) >= 11 is 3.48. The third-order valence-corrected chi connectivity index (χ3v) is 3.62. The van der Waals surface area contributed by atoms with Crippen LogP contribution in [0, 0.1) is 0 Å². The van der Waals surface area contributed by atoms with Crippen molar-refractivity contribution >= 4 is 32.8 Å². The molecule has 102 valence electrons. The van der Waals surface area contributed by atoms with E-state index >= 15 is 0 Å². The number of hydrogen-bond donors (Lipinski definition) is 1. The molecule has 2 aromatic rings. The first-order chi connectivity index (χ1) is 9.17. The second-order valence-electron chi connectivity index (χ2n) is 4.49. The van der Waals surface area contributed by atoms with E-state index in [1.165, 1.54) is 0 Å². The highest BCUT2D eigenvalue weighted by Gasteiger charge is 2.18. The third-order valence-electron chi connectivity index (χ3n) is 3.13. The van der Waals surface area contributed by atoms with Crippen LogP contribution in [0.4, 0.5) is 0 Å². The number of fused-ring (bicyclic) bond motifs is 1. The molecule has 1 heterocycles. The molecule has 0 radical (unpaired) electrons. The Balaban J connectivity index is 2.51. The molecule has 0 aliphatic heterocycles.